The van der Waals surface area contributed by atoms with Crippen molar-refractivity contribution < 1.29 is 24.9 Å². The van der Waals surface area contributed by atoms with Gasteiger partial charge in [-0.1, -0.05) is 89.3 Å². The van der Waals surface area contributed by atoms with E-state index in [0.29, 0.717) is 31.7 Å². The van der Waals surface area contributed by atoms with Crippen LogP contribution in [0.1, 0.15) is 108 Å². The molecule has 0 bridgehead atoms. The number of amides is 1. The number of Topliss-reactive ketones (excluding diaryl/α,β-unsaturated/α-hetero) is 1. The Hall–Kier alpha value is -2.70. The van der Waals surface area contributed by atoms with Crippen LogP contribution in [0.15, 0.2) is 48.5 Å². The number of carbonyl (C=O) groups excluding carboxylic acids is 2. The van der Waals surface area contributed by atoms with Crippen LogP contribution in [-0.2, 0) is 22.6 Å². The monoisotopic (exact) mass is 563 g/mol. The van der Waals surface area contributed by atoms with Crippen LogP contribution < -0.4 is 0 Å². The predicted octanol–water partition coefficient (Wildman–Crippen LogP) is 6.50. The molecule has 0 heterocycles. The first-order chi connectivity index (χ1) is 19.5. The molecule has 0 radical (unpaired) electrons. The average Bonchev–Trinajstić information content (AvgIpc) is 3.25. The largest absolute Gasteiger partial charge is 0.508 e. The van der Waals surface area contributed by atoms with E-state index in [4.69, 9.17) is 0 Å². The zero-order valence-corrected chi connectivity index (χ0v) is 25.1. The van der Waals surface area contributed by atoms with E-state index in [1.165, 1.54) is 19.3 Å². The number of aliphatic hydroxyl groups is 2. The summed E-state index contributed by atoms with van der Waals surface area (Å²) in [7, 11) is 0. The maximum Gasteiger partial charge on any atom is 0.223 e. The minimum Gasteiger partial charge on any atom is -0.508 e. The second-order valence-corrected chi connectivity index (χ2v) is 13.7. The molecule has 6 nitrogen and oxygen atoms in total. The summed E-state index contributed by atoms with van der Waals surface area (Å²) < 4.78 is 0. The molecular weight excluding hydrogens is 514 g/mol. The van der Waals surface area contributed by atoms with Crippen molar-refractivity contribution in [2.45, 2.75) is 116 Å². The molecule has 2 aliphatic rings. The molecule has 2 aromatic rings. The highest BCUT2D eigenvalue weighted by atomic mass is 16.3. The summed E-state index contributed by atoms with van der Waals surface area (Å²) in [5, 5.41) is 32.2. The predicted molar refractivity (Wildman–Crippen MR) is 161 cm³/mol. The molecule has 4 atom stereocenters. The Kier molecular flexibility index (Phi) is 10.6. The van der Waals surface area contributed by atoms with Gasteiger partial charge in [-0.2, -0.15) is 0 Å². The maximum atomic E-state index is 13.9. The zero-order valence-electron chi connectivity index (χ0n) is 25.1. The smallest absolute Gasteiger partial charge is 0.223 e. The van der Waals surface area contributed by atoms with Crippen molar-refractivity contribution in [3.63, 3.8) is 0 Å². The number of aromatic hydroxyl groups is 1. The number of benzene rings is 2. The van der Waals surface area contributed by atoms with Crippen molar-refractivity contribution in [1.82, 2.24) is 4.90 Å². The van der Waals surface area contributed by atoms with Gasteiger partial charge in [0.2, 0.25) is 5.91 Å². The van der Waals surface area contributed by atoms with E-state index < -0.39 is 18.2 Å². The van der Waals surface area contributed by atoms with Crippen LogP contribution in [0.2, 0.25) is 0 Å². The van der Waals surface area contributed by atoms with Gasteiger partial charge in [0.15, 0.2) is 0 Å². The van der Waals surface area contributed by atoms with E-state index in [1.54, 1.807) is 29.2 Å². The number of rotatable bonds is 12. The first-order valence-electron chi connectivity index (χ1n) is 15.5. The quantitative estimate of drug-likeness (QED) is 0.274. The molecule has 0 aromatic heterocycles. The summed E-state index contributed by atoms with van der Waals surface area (Å²) in [4.78, 5) is 28.6. The first-order valence-corrected chi connectivity index (χ1v) is 15.5. The van der Waals surface area contributed by atoms with Gasteiger partial charge in [0.05, 0.1) is 18.2 Å². The van der Waals surface area contributed by atoms with Crippen LogP contribution in [0.3, 0.4) is 0 Å². The van der Waals surface area contributed by atoms with Crippen molar-refractivity contribution >= 4 is 11.7 Å². The number of fused-ring (bicyclic) bond motifs is 1. The van der Waals surface area contributed by atoms with Gasteiger partial charge in [0.25, 0.3) is 0 Å². The van der Waals surface area contributed by atoms with Gasteiger partial charge in [-0.3, -0.25) is 9.59 Å². The van der Waals surface area contributed by atoms with Gasteiger partial charge in [-0.25, -0.2) is 0 Å². The Morgan fingerprint density at radius 1 is 1.00 bits per heavy atom. The lowest BCUT2D eigenvalue weighted by atomic mass is 9.77. The normalized spacial score (nSPS) is 20.8. The SMILES string of the molecule is CC(C)(C)CC(=O)C[C@@H](CC1CCCCC1)[C@@H](O)CCC(=O)N(Cc1ccc(O)cc1)[C@H]1c2ccccc2C[C@H]1O. The number of hydrogen-bond donors (Lipinski definition) is 3. The lowest BCUT2D eigenvalue weighted by Crippen LogP contribution is -2.39. The molecular formula is C35H49NO5. The van der Waals surface area contributed by atoms with E-state index in [-0.39, 0.29) is 41.6 Å². The lowest BCUT2D eigenvalue weighted by Gasteiger charge is -2.33. The molecule has 0 unspecified atom stereocenters. The van der Waals surface area contributed by atoms with Crippen LogP contribution in [0.5, 0.6) is 5.75 Å². The number of phenolic OH excluding ortho intramolecular Hbond substituents is 1. The van der Waals surface area contributed by atoms with Crippen LogP contribution in [0.4, 0.5) is 0 Å². The number of carbonyl (C=O) groups is 2. The first kappa shape index (κ1) is 31.2. The fourth-order valence-corrected chi connectivity index (χ4v) is 6.90. The maximum absolute atomic E-state index is 13.9. The standard InChI is InChI=1S/C35H49NO5/c1-35(2,3)22-29(38)20-27(19-24-9-5-4-6-10-24)31(39)17-18-33(41)36(23-25-13-15-28(37)16-14-25)34-30-12-8-7-11-26(30)21-32(34)40/h7-8,11-16,24,27,31-32,34,37,39-40H,4-6,9-10,17-23H2,1-3H3/t27-,31+,32-,34+/m1/s1. The Bertz CT molecular complexity index is 1150. The average molecular weight is 564 g/mol. The second kappa shape index (κ2) is 14.0. The van der Waals surface area contributed by atoms with Crippen molar-refractivity contribution in [2.24, 2.45) is 17.3 Å². The molecule has 41 heavy (non-hydrogen) atoms. The molecule has 0 saturated heterocycles. The fraction of sp³-hybridized carbons (Fsp3) is 0.600. The number of ketones is 1. The highest BCUT2D eigenvalue weighted by Crippen LogP contribution is 2.38. The topological polar surface area (TPSA) is 98.1 Å². The molecule has 1 saturated carbocycles. The van der Waals surface area contributed by atoms with Crippen molar-refractivity contribution in [1.29, 1.82) is 0 Å². The third kappa shape index (κ3) is 8.89. The fourth-order valence-electron chi connectivity index (χ4n) is 6.90. The minimum atomic E-state index is -0.735. The number of aliphatic hydroxyl groups excluding tert-OH is 2. The Labute approximate surface area is 245 Å². The summed E-state index contributed by atoms with van der Waals surface area (Å²) in [6, 6.07) is 14.2. The third-order valence-corrected chi connectivity index (χ3v) is 8.89. The summed E-state index contributed by atoms with van der Waals surface area (Å²) in [6.07, 6.45) is 7.10. The summed E-state index contributed by atoms with van der Waals surface area (Å²) in [6.45, 7) is 6.48. The molecule has 0 spiro atoms. The van der Waals surface area contributed by atoms with E-state index in [0.717, 1.165) is 36.0 Å². The Balaban J connectivity index is 1.49. The van der Waals surface area contributed by atoms with Crippen LogP contribution >= 0.6 is 0 Å². The van der Waals surface area contributed by atoms with Crippen molar-refractivity contribution in [2.75, 3.05) is 0 Å². The van der Waals surface area contributed by atoms with Crippen LogP contribution in [-0.4, -0.2) is 44.1 Å². The molecule has 3 N–H and O–H groups in total. The number of hydrogen-bond acceptors (Lipinski definition) is 5. The van der Waals surface area contributed by atoms with E-state index >= 15 is 0 Å². The molecule has 1 fully saturated rings. The molecule has 224 valence electrons. The Morgan fingerprint density at radius 3 is 2.37 bits per heavy atom. The highest BCUT2D eigenvalue weighted by Gasteiger charge is 2.38. The summed E-state index contributed by atoms with van der Waals surface area (Å²) in [5.41, 5.74) is 2.76. The summed E-state index contributed by atoms with van der Waals surface area (Å²) in [5.74, 6) is 0.589. The van der Waals surface area contributed by atoms with Gasteiger partial charge in [-0.05, 0) is 58.9 Å². The molecule has 2 aromatic carbocycles. The van der Waals surface area contributed by atoms with E-state index in [1.807, 2.05) is 24.3 Å². The molecule has 2 aliphatic carbocycles. The van der Waals surface area contributed by atoms with Gasteiger partial charge in [0.1, 0.15) is 11.5 Å². The van der Waals surface area contributed by atoms with Crippen LogP contribution in [0, 0.1) is 17.3 Å². The van der Waals surface area contributed by atoms with Crippen molar-refractivity contribution in [3.8, 4) is 5.75 Å². The third-order valence-electron chi connectivity index (χ3n) is 8.89. The minimum absolute atomic E-state index is 0.0967. The number of nitrogens with zero attached hydrogens (tertiary/aromatic N) is 1. The summed E-state index contributed by atoms with van der Waals surface area (Å²) >= 11 is 0. The van der Waals surface area contributed by atoms with E-state index in [9.17, 15) is 24.9 Å². The van der Waals surface area contributed by atoms with Crippen LogP contribution in [0.25, 0.3) is 0 Å². The molecule has 1 amide bonds. The highest BCUT2D eigenvalue weighted by molar-refractivity contribution is 5.79. The van der Waals surface area contributed by atoms with Gasteiger partial charge in [-0.15, -0.1) is 0 Å². The molecule has 6 heteroatoms. The molecule has 0 aliphatic heterocycles. The van der Waals surface area contributed by atoms with Gasteiger partial charge >= 0.3 is 0 Å². The number of phenols is 1. The van der Waals surface area contributed by atoms with Gasteiger partial charge < -0.3 is 20.2 Å². The van der Waals surface area contributed by atoms with E-state index in [2.05, 4.69) is 20.8 Å². The second-order valence-electron chi connectivity index (χ2n) is 13.7. The van der Waals surface area contributed by atoms with Crippen molar-refractivity contribution in [3.05, 3.63) is 65.2 Å². The Morgan fingerprint density at radius 2 is 1.68 bits per heavy atom. The zero-order chi connectivity index (χ0) is 29.6. The lowest BCUT2D eigenvalue weighted by molar-refractivity contribution is -0.137. The van der Waals surface area contributed by atoms with Gasteiger partial charge in [0, 0.05) is 32.2 Å². The molecule has 4 rings (SSSR count).